The van der Waals surface area contributed by atoms with E-state index in [0.717, 1.165) is 24.3 Å². The van der Waals surface area contributed by atoms with Crippen LogP contribution in [0.3, 0.4) is 0 Å². The van der Waals surface area contributed by atoms with Gasteiger partial charge >= 0.3 is 0 Å². The number of halogens is 1. The van der Waals surface area contributed by atoms with Gasteiger partial charge in [-0.25, -0.2) is 4.39 Å². The molecule has 0 atom stereocenters. The van der Waals surface area contributed by atoms with E-state index in [1.807, 2.05) is 11.8 Å². The van der Waals surface area contributed by atoms with Crippen LogP contribution in [0.4, 0.5) is 4.39 Å². The van der Waals surface area contributed by atoms with E-state index in [2.05, 4.69) is 17.2 Å². The molecular weight excluding hydrogens is 275 g/mol. The van der Waals surface area contributed by atoms with Crippen LogP contribution < -0.4 is 11.1 Å². The Bertz CT molecular complexity index is 545. The third kappa shape index (κ3) is 3.99. The average molecular weight is 292 g/mol. The molecule has 0 bridgehead atoms. The minimum Gasteiger partial charge on any atom is -0.349 e. The summed E-state index contributed by atoms with van der Waals surface area (Å²) in [4.78, 5) is 12.3. The van der Waals surface area contributed by atoms with Crippen molar-refractivity contribution in [3.63, 3.8) is 0 Å². The van der Waals surface area contributed by atoms with E-state index < -0.39 is 5.82 Å². The summed E-state index contributed by atoms with van der Waals surface area (Å²) in [6, 6.07) is 4.22. The number of carbonyl (C=O) groups is 1. The molecule has 1 aromatic carbocycles. The first-order chi connectivity index (χ1) is 9.70. The number of amides is 1. The van der Waals surface area contributed by atoms with E-state index in [-0.39, 0.29) is 18.5 Å². The summed E-state index contributed by atoms with van der Waals surface area (Å²) >= 11 is 1.90. The lowest BCUT2D eigenvalue weighted by Crippen LogP contribution is -2.37. The van der Waals surface area contributed by atoms with Crippen LogP contribution in [0.2, 0.25) is 0 Å². The highest BCUT2D eigenvalue weighted by atomic mass is 32.2. The Morgan fingerprint density at radius 1 is 1.45 bits per heavy atom. The van der Waals surface area contributed by atoms with Crippen LogP contribution in [0, 0.1) is 17.7 Å². The molecular formula is C15H17FN2OS. The minimum atomic E-state index is -0.406. The summed E-state index contributed by atoms with van der Waals surface area (Å²) in [5.41, 5.74) is 6.11. The van der Waals surface area contributed by atoms with Crippen molar-refractivity contribution in [1.29, 1.82) is 0 Å². The van der Waals surface area contributed by atoms with Crippen LogP contribution in [-0.2, 0) is 0 Å². The predicted octanol–water partition coefficient (Wildman–Crippen LogP) is 1.76. The van der Waals surface area contributed by atoms with Crippen molar-refractivity contribution < 1.29 is 9.18 Å². The fourth-order valence-electron chi connectivity index (χ4n) is 2.07. The van der Waals surface area contributed by atoms with E-state index in [0.29, 0.717) is 11.1 Å². The van der Waals surface area contributed by atoms with E-state index in [4.69, 9.17) is 5.73 Å². The molecule has 0 unspecified atom stereocenters. The van der Waals surface area contributed by atoms with Crippen LogP contribution in [0.1, 0.15) is 28.8 Å². The smallest absolute Gasteiger partial charge is 0.252 e. The normalized spacial score (nSPS) is 15.3. The Balaban J connectivity index is 2.15. The molecule has 1 fully saturated rings. The quantitative estimate of drug-likeness (QED) is 0.817. The first-order valence-corrected chi connectivity index (χ1v) is 7.73. The van der Waals surface area contributed by atoms with E-state index in [1.165, 1.54) is 18.2 Å². The summed E-state index contributed by atoms with van der Waals surface area (Å²) in [6.07, 6.45) is 1.95. The highest BCUT2D eigenvalue weighted by Crippen LogP contribution is 2.18. The SMILES string of the molecule is NCC#Cc1cc(F)ccc1C(=O)NC1CCSCC1. The molecule has 1 aromatic rings. The molecule has 20 heavy (non-hydrogen) atoms. The Morgan fingerprint density at radius 3 is 2.90 bits per heavy atom. The Kier molecular flexibility index (Phi) is 5.45. The number of benzene rings is 1. The van der Waals surface area contributed by atoms with E-state index >= 15 is 0 Å². The maximum Gasteiger partial charge on any atom is 0.252 e. The van der Waals surface area contributed by atoms with Crippen LogP contribution in [0.5, 0.6) is 0 Å². The molecule has 1 amide bonds. The molecule has 0 aromatic heterocycles. The zero-order valence-corrected chi connectivity index (χ0v) is 11.9. The summed E-state index contributed by atoms with van der Waals surface area (Å²) < 4.78 is 13.3. The summed E-state index contributed by atoms with van der Waals surface area (Å²) in [7, 11) is 0. The van der Waals surface area contributed by atoms with Crippen molar-refractivity contribution in [3.05, 3.63) is 35.1 Å². The first kappa shape index (κ1) is 14.9. The van der Waals surface area contributed by atoms with E-state index in [1.54, 1.807) is 0 Å². The molecule has 3 nitrogen and oxygen atoms in total. The van der Waals surface area contributed by atoms with Crippen LogP contribution in [0.15, 0.2) is 18.2 Å². The molecule has 1 aliphatic heterocycles. The average Bonchev–Trinajstić information content (AvgIpc) is 2.46. The van der Waals surface area contributed by atoms with Gasteiger partial charge in [0.2, 0.25) is 0 Å². The summed E-state index contributed by atoms with van der Waals surface area (Å²) in [6.45, 7) is 0.178. The Hall–Kier alpha value is -1.51. The lowest BCUT2D eigenvalue weighted by Gasteiger charge is -2.22. The van der Waals surface area contributed by atoms with Gasteiger partial charge in [-0.15, -0.1) is 0 Å². The predicted molar refractivity (Wildman–Crippen MR) is 80.1 cm³/mol. The number of hydrogen-bond donors (Lipinski definition) is 2. The molecule has 1 aliphatic rings. The van der Waals surface area contributed by atoms with Gasteiger partial charge in [0.1, 0.15) is 5.82 Å². The molecule has 0 saturated carbocycles. The molecule has 1 saturated heterocycles. The number of thioether (sulfide) groups is 1. The third-order valence-electron chi connectivity index (χ3n) is 3.11. The van der Waals surface area contributed by atoms with Crippen LogP contribution in [-0.4, -0.2) is 30.0 Å². The van der Waals surface area contributed by atoms with Crippen LogP contribution >= 0.6 is 11.8 Å². The minimum absolute atomic E-state index is 0.178. The molecule has 5 heteroatoms. The van der Waals surface area contributed by atoms with E-state index in [9.17, 15) is 9.18 Å². The van der Waals surface area contributed by atoms with Gasteiger partial charge in [-0.2, -0.15) is 11.8 Å². The maximum atomic E-state index is 13.3. The fourth-order valence-corrected chi connectivity index (χ4v) is 3.18. The largest absolute Gasteiger partial charge is 0.349 e. The Morgan fingerprint density at radius 2 is 2.20 bits per heavy atom. The molecule has 0 aliphatic carbocycles. The lowest BCUT2D eigenvalue weighted by atomic mass is 10.1. The zero-order chi connectivity index (χ0) is 14.4. The molecule has 3 N–H and O–H groups in total. The molecule has 0 spiro atoms. The number of carbonyl (C=O) groups excluding carboxylic acids is 1. The highest BCUT2D eigenvalue weighted by molar-refractivity contribution is 7.99. The van der Waals surface area contributed by atoms with Crippen molar-refractivity contribution in [3.8, 4) is 11.8 Å². The molecule has 0 radical (unpaired) electrons. The second-order valence-corrected chi connectivity index (χ2v) is 5.78. The molecule has 106 valence electrons. The van der Waals surface area contributed by atoms with Gasteiger partial charge in [-0.05, 0) is 42.5 Å². The standard InChI is InChI=1S/C15H17FN2OS/c16-12-3-4-14(11(10-12)2-1-7-17)15(19)18-13-5-8-20-9-6-13/h3-4,10,13H,5-9,17H2,(H,18,19). The summed E-state index contributed by atoms with van der Waals surface area (Å²) in [5, 5.41) is 3.00. The lowest BCUT2D eigenvalue weighted by molar-refractivity contribution is 0.0934. The van der Waals surface area contributed by atoms with Gasteiger partial charge in [0.05, 0.1) is 12.1 Å². The van der Waals surface area contributed by atoms with Gasteiger partial charge < -0.3 is 11.1 Å². The van der Waals surface area contributed by atoms with Crippen molar-refractivity contribution >= 4 is 17.7 Å². The van der Waals surface area contributed by atoms with Gasteiger partial charge in [0.25, 0.3) is 5.91 Å². The van der Waals surface area contributed by atoms with Crippen LogP contribution in [0.25, 0.3) is 0 Å². The van der Waals surface area contributed by atoms with Gasteiger partial charge in [0, 0.05) is 11.6 Å². The van der Waals surface area contributed by atoms with Gasteiger partial charge in [-0.1, -0.05) is 11.8 Å². The number of nitrogens with one attached hydrogen (secondary N) is 1. The molecule has 2 rings (SSSR count). The molecule has 1 heterocycles. The summed E-state index contributed by atoms with van der Waals surface area (Å²) in [5.74, 6) is 6.94. The second kappa shape index (κ2) is 7.32. The Labute approximate surface area is 122 Å². The van der Waals surface area contributed by atoms with Crippen molar-refractivity contribution in [1.82, 2.24) is 5.32 Å². The third-order valence-corrected chi connectivity index (χ3v) is 4.16. The zero-order valence-electron chi connectivity index (χ0n) is 11.1. The topological polar surface area (TPSA) is 55.1 Å². The number of rotatable bonds is 2. The first-order valence-electron chi connectivity index (χ1n) is 6.58. The number of hydrogen-bond acceptors (Lipinski definition) is 3. The van der Waals surface area contributed by atoms with Crippen molar-refractivity contribution in [2.24, 2.45) is 5.73 Å². The second-order valence-electron chi connectivity index (χ2n) is 4.56. The highest BCUT2D eigenvalue weighted by Gasteiger charge is 2.18. The van der Waals surface area contributed by atoms with Crippen molar-refractivity contribution in [2.75, 3.05) is 18.1 Å². The van der Waals surface area contributed by atoms with Gasteiger partial charge in [-0.3, -0.25) is 4.79 Å². The maximum absolute atomic E-state index is 13.3. The monoisotopic (exact) mass is 292 g/mol. The number of nitrogens with two attached hydrogens (primary N) is 1. The van der Waals surface area contributed by atoms with Crippen molar-refractivity contribution in [2.45, 2.75) is 18.9 Å². The fraction of sp³-hybridized carbons (Fsp3) is 0.400. The van der Waals surface area contributed by atoms with Gasteiger partial charge in [0.15, 0.2) is 0 Å².